The average Bonchev–Trinajstić information content (AvgIpc) is 2.58. The number of nitrogens with zero attached hydrogens (tertiary/aromatic N) is 3. The molecule has 0 radical (unpaired) electrons. The molecule has 0 fully saturated rings. The third-order valence-electron chi connectivity index (χ3n) is 3.32. The summed E-state index contributed by atoms with van der Waals surface area (Å²) in [6, 6.07) is 18.1. The summed E-state index contributed by atoms with van der Waals surface area (Å²) in [7, 11) is 0. The van der Waals surface area contributed by atoms with Crippen LogP contribution in [0.5, 0.6) is 0 Å². The van der Waals surface area contributed by atoms with Crippen molar-refractivity contribution in [2.45, 2.75) is 13.0 Å². The maximum atomic E-state index is 4.45. The molecule has 0 amide bonds. The van der Waals surface area contributed by atoms with E-state index in [1.807, 2.05) is 42.5 Å². The van der Waals surface area contributed by atoms with Crippen molar-refractivity contribution in [2.75, 3.05) is 10.6 Å². The van der Waals surface area contributed by atoms with Crippen LogP contribution in [0.1, 0.15) is 18.5 Å². The van der Waals surface area contributed by atoms with Crippen LogP contribution in [0.15, 0.2) is 65.3 Å². The standard InChI is InChI=1S/C17H16BrN5/c1-12(13-5-3-2-4-6-13)20-16-11-19-23-17(22-16)21-15-9-7-14(18)8-10-15/h2-12H,1H3,(H2,20,21,22,23). The predicted octanol–water partition coefficient (Wildman–Crippen LogP) is 4.55. The van der Waals surface area contributed by atoms with Gasteiger partial charge in [-0.2, -0.15) is 10.1 Å². The quantitative estimate of drug-likeness (QED) is 0.690. The van der Waals surface area contributed by atoms with Crippen LogP contribution in [-0.4, -0.2) is 15.2 Å². The molecule has 0 aliphatic carbocycles. The van der Waals surface area contributed by atoms with E-state index in [1.54, 1.807) is 6.20 Å². The van der Waals surface area contributed by atoms with Gasteiger partial charge in [-0.15, -0.1) is 5.10 Å². The zero-order chi connectivity index (χ0) is 16.1. The number of benzene rings is 2. The van der Waals surface area contributed by atoms with Gasteiger partial charge in [0.05, 0.1) is 6.20 Å². The Balaban J connectivity index is 1.71. The van der Waals surface area contributed by atoms with Gasteiger partial charge in [-0.05, 0) is 36.8 Å². The monoisotopic (exact) mass is 369 g/mol. The highest BCUT2D eigenvalue weighted by atomic mass is 79.9. The van der Waals surface area contributed by atoms with E-state index in [4.69, 9.17) is 0 Å². The normalized spacial score (nSPS) is 11.7. The van der Waals surface area contributed by atoms with Gasteiger partial charge in [-0.25, -0.2) is 0 Å². The van der Waals surface area contributed by atoms with Gasteiger partial charge in [0.25, 0.3) is 0 Å². The van der Waals surface area contributed by atoms with Crippen LogP contribution in [0.2, 0.25) is 0 Å². The summed E-state index contributed by atoms with van der Waals surface area (Å²) in [6.45, 7) is 2.08. The first-order valence-electron chi connectivity index (χ1n) is 7.24. The lowest BCUT2D eigenvalue weighted by atomic mass is 10.1. The first-order chi connectivity index (χ1) is 11.2. The van der Waals surface area contributed by atoms with E-state index >= 15 is 0 Å². The fraction of sp³-hybridized carbons (Fsp3) is 0.118. The Bertz CT molecular complexity index is 761. The molecule has 116 valence electrons. The van der Waals surface area contributed by atoms with Crippen molar-refractivity contribution in [3.05, 3.63) is 70.8 Å². The third-order valence-corrected chi connectivity index (χ3v) is 3.85. The fourth-order valence-electron chi connectivity index (χ4n) is 2.14. The van der Waals surface area contributed by atoms with Crippen molar-refractivity contribution in [1.29, 1.82) is 0 Å². The van der Waals surface area contributed by atoms with Crippen LogP contribution in [-0.2, 0) is 0 Å². The average molecular weight is 370 g/mol. The van der Waals surface area contributed by atoms with E-state index in [-0.39, 0.29) is 6.04 Å². The largest absolute Gasteiger partial charge is 0.362 e. The summed E-state index contributed by atoms with van der Waals surface area (Å²) in [4.78, 5) is 4.45. The van der Waals surface area contributed by atoms with Gasteiger partial charge in [-0.1, -0.05) is 46.3 Å². The molecule has 1 unspecified atom stereocenters. The zero-order valence-corrected chi connectivity index (χ0v) is 14.2. The van der Waals surface area contributed by atoms with Gasteiger partial charge in [0.1, 0.15) is 0 Å². The first-order valence-corrected chi connectivity index (χ1v) is 8.04. The minimum atomic E-state index is 0.133. The highest BCUT2D eigenvalue weighted by molar-refractivity contribution is 9.10. The number of aromatic nitrogens is 3. The summed E-state index contributed by atoms with van der Waals surface area (Å²) < 4.78 is 1.02. The van der Waals surface area contributed by atoms with Gasteiger partial charge in [0.15, 0.2) is 5.82 Å². The van der Waals surface area contributed by atoms with Crippen molar-refractivity contribution >= 4 is 33.4 Å². The molecule has 6 heteroatoms. The first kappa shape index (κ1) is 15.4. The second kappa shape index (κ2) is 7.19. The molecule has 0 aliphatic heterocycles. The molecule has 2 aromatic carbocycles. The topological polar surface area (TPSA) is 62.7 Å². The molecule has 2 N–H and O–H groups in total. The van der Waals surface area contributed by atoms with Crippen molar-refractivity contribution in [1.82, 2.24) is 15.2 Å². The highest BCUT2D eigenvalue weighted by Gasteiger charge is 2.07. The Morgan fingerprint density at radius 1 is 1.00 bits per heavy atom. The molecule has 0 saturated carbocycles. The van der Waals surface area contributed by atoms with Crippen molar-refractivity contribution in [3.8, 4) is 0 Å². The van der Waals surface area contributed by atoms with Crippen LogP contribution in [0.25, 0.3) is 0 Å². The lowest BCUT2D eigenvalue weighted by Gasteiger charge is -2.15. The van der Waals surface area contributed by atoms with E-state index < -0.39 is 0 Å². The summed E-state index contributed by atoms with van der Waals surface area (Å²) in [6.07, 6.45) is 1.62. The molecule has 0 aliphatic rings. The summed E-state index contributed by atoms with van der Waals surface area (Å²) >= 11 is 3.41. The van der Waals surface area contributed by atoms with Gasteiger partial charge >= 0.3 is 0 Å². The smallest absolute Gasteiger partial charge is 0.249 e. The molecular weight excluding hydrogens is 354 g/mol. The Morgan fingerprint density at radius 3 is 2.48 bits per heavy atom. The Hall–Kier alpha value is -2.47. The molecule has 0 spiro atoms. The van der Waals surface area contributed by atoms with Crippen molar-refractivity contribution in [2.24, 2.45) is 0 Å². The van der Waals surface area contributed by atoms with Crippen LogP contribution >= 0.6 is 15.9 Å². The number of rotatable bonds is 5. The fourth-order valence-corrected chi connectivity index (χ4v) is 2.40. The van der Waals surface area contributed by atoms with E-state index in [0.29, 0.717) is 11.8 Å². The maximum absolute atomic E-state index is 4.45. The number of nitrogens with one attached hydrogen (secondary N) is 2. The molecule has 0 bridgehead atoms. The second-order valence-electron chi connectivity index (χ2n) is 5.07. The Morgan fingerprint density at radius 2 is 1.74 bits per heavy atom. The number of hydrogen-bond acceptors (Lipinski definition) is 5. The minimum absolute atomic E-state index is 0.133. The van der Waals surface area contributed by atoms with Gasteiger partial charge < -0.3 is 10.6 Å². The molecule has 5 nitrogen and oxygen atoms in total. The summed E-state index contributed by atoms with van der Waals surface area (Å²) in [5.41, 5.74) is 2.09. The van der Waals surface area contributed by atoms with Crippen LogP contribution < -0.4 is 10.6 Å². The molecular formula is C17H16BrN5. The molecule has 3 rings (SSSR count). The second-order valence-corrected chi connectivity index (χ2v) is 5.99. The molecule has 0 saturated heterocycles. The van der Waals surface area contributed by atoms with Gasteiger partial charge in [0.2, 0.25) is 5.95 Å². The number of anilines is 3. The summed E-state index contributed by atoms with van der Waals surface area (Å²) in [5.74, 6) is 1.13. The summed E-state index contributed by atoms with van der Waals surface area (Å²) in [5, 5.41) is 14.5. The number of halogens is 1. The van der Waals surface area contributed by atoms with Crippen LogP contribution in [0.3, 0.4) is 0 Å². The van der Waals surface area contributed by atoms with E-state index in [1.165, 1.54) is 5.56 Å². The molecule has 23 heavy (non-hydrogen) atoms. The molecule has 1 atom stereocenters. The maximum Gasteiger partial charge on any atom is 0.249 e. The molecule has 3 aromatic rings. The predicted molar refractivity (Wildman–Crippen MR) is 95.7 cm³/mol. The highest BCUT2D eigenvalue weighted by Crippen LogP contribution is 2.19. The van der Waals surface area contributed by atoms with Crippen molar-refractivity contribution < 1.29 is 0 Å². The molecule has 1 aromatic heterocycles. The Labute approximate surface area is 143 Å². The van der Waals surface area contributed by atoms with E-state index in [0.717, 1.165) is 10.2 Å². The lowest BCUT2D eigenvalue weighted by molar-refractivity contribution is 0.861. The van der Waals surface area contributed by atoms with Crippen molar-refractivity contribution in [3.63, 3.8) is 0 Å². The third kappa shape index (κ3) is 4.26. The molecule has 1 heterocycles. The minimum Gasteiger partial charge on any atom is -0.362 e. The van der Waals surface area contributed by atoms with E-state index in [2.05, 4.69) is 60.8 Å². The number of hydrogen-bond donors (Lipinski definition) is 2. The Kier molecular flexibility index (Phi) is 4.83. The van der Waals surface area contributed by atoms with Crippen LogP contribution in [0, 0.1) is 0 Å². The van der Waals surface area contributed by atoms with Gasteiger partial charge in [0, 0.05) is 16.2 Å². The zero-order valence-electron chi connectivity index (χ0n) is 12.6. The van der Waals surface area contributed by atoms with E-state index in [9.17, 15) is 0 Å². The van der Waals surface area contributed by atoms with Gasteiger partial charge in [-0.3, -0.25) is 0 Å². The lowest BCUT2D eigenvalue weighted by Crippen LogP contribution is -2.09. The SMILES string of the molecule is CC(Nc1cnnc(Nc2ccc(Br)cc2)n1)c1ccccc1. The van der Waals surface area contributed by atoms with Crippen LogP contribution in [0.4, 0.5) is 17.5 Å².